The summed E-state index contributed by atoms with van der Waals surface area (Å²) in [6.07, 6.45) is 3.81. The van der Waals surface area contributed by atoms with E-state index in [9.17, 15) is 0 Å². The number of nitrogens with zero attached hydrogens (tertiary/aromatic N) is 2. The highest BCUT2D eigenvalue weighted by Gasteiger charge is 2.16. The van der Waals surface area contributed by atoms with E-state index in [1.807, 2.05) is 50.5 Å². The van der Waals surface area contributed by atoms with Crippen molar-refractivity contribution < 1.29 is 9.26 Å². The van der Waals surface area contributed by atoms with Crippen molar-refractivity contribution in [1.29, 1.82) is 0 Å². The van der Waals surface area contributed by atoms with Gasteiger partial charge in [-0.1, -0.05) is 23.4 Å². The third-order valence-corrected chi connectivity index (χ3v) is 4.25. The Bertz CT molecular complexity index is 1010. The highest BCUT2D eigenvalue weighted by Crippen LogP contribution is 2.36. The Morgan fingerprint density at radius 3 is 2.71 bits per heavy atom. The Labute approximate surface area is 139 Å². The van der Waals surface area contributed by atoms with Gasteiger partial charge in [-0.3, -0.25) is 0 Å². The maximum atomic E-state index is 5.50. The van der Waals surface area contributed by atoms with Gasteiger partial charge < -0.3 is 14.2 Å². The Morgan fingerprint density at radius 2 is 1.96 bits per heavy atom. The minimum Gasteiger partial charge on any atom is -0.496 e. The molecule has 4 rings (SSSR count). The second kappa shape index (κ2) is 5.53. The number of para-hydroxylation sites is 1. The van der Waals surface area contributed by atoms with Crippen LogP contribution in [0.25, 0.3) is 33.3 Å². The summed E-state index contributed by atoms with van der Waals surface area (Å²) in [6, 6.07) is 10.1. The van der Waals surface area contributed by atoms with E-state index in [1.54, 1.807) is 7.11 Å². The predicted molar refractivity (Wildman–Crippen MR) is 93.1 cm³/mol. The second-order valence-corrected chi connectivity index (χ2v) is 5.72. The molecule has 3 heterocycles. The molecule has 0 fully saturated rings. The fraction of sp³-hybridized carbons (Fsp3) is 0.158. The van der Waals surface area contributed by atoms with Crippen LogP contribution >= 0.6 is 0 Å². The van der Waals surface area contributed by atoms with Gasteiger partial charge in [0.1, 0.15) is 17.2 Å². The number of ether oxygens (including phenoxy) is 1. The van der Waals surface area contributed by atoms with Gasteiger partial charge in [-0.25, -0.2) is 4.98 Å². The van der Waals surface area contributed by atoms with E-state index in [0.29, 0.717) is 0 Å². The summed E-state index contributed by atoms with van der Waals surface area (Å²) in [5.41, 5.74) is 5.79. The van der Waals surface area contributed by atoms with Gasteiger partial charge >= 0.3 is 0 Å². The van der Waals surface area contributed by atoms with Crippen molar-refractivity contribution in [2.24, 2.45) is 0 Å². The molecule has 5 heteroatoms. The predicted octanol–water partition coefficient (Wildman–Crippen LogP) is 4.51. The maximum Gasteiger partial charge on any atom is 0.141 e. The molecule has 0 aliphatic rings. The molecule has 5 nitrogen and oxygen atoms in total. The number of hydrogen-bond donors (Lipinski definition) is 1. The monoisotopic (exact) mass is 319 g/mol. The summed E-state index contributed by atoms with van der Waals surface area (Å²) in [7, 11) is 1.68. The zero-order valence-electron chi connectivity index (χ0n) is 13.8. The molecule has 0 aliphatic carbocycles. The largest absolute Gasteiger partial charge is 0.496 e. The minimum absolute atomic E-state index is 0.794. The molecule has 0 spiro atoms. The molecule has 0 aliphatic heterocycles. The van der Waals surface area contributed by atoms with Crippen molar-refractivity contribution in [1.82, 2.24) is 15.1 Å². The molecule has 0 saturated heterocycles. The van der Waals surface area contributed by atoms with E-state index < -0.39 is 0 Å². The van der Waals surface area contributed by atoms with Gasteiger partial charge in [-0.2, -0.15) is 0 Å². The van der Waals surface area contributed by atoms with E-state index in [2.05, 4.69) is 21.2 Å². The van der Waals surface area contributed by atoms with Crippen LogP contribution in [-0.4, -0.2) is 22.2 Å². The summed E-state index contributed by atoms with van der Waals surface area (Å²) >= 11 is 0. The number of rotatable bonds is 3. The number of aromatic amines is 1. The van der Waals surface area contributed by atoms with Crippen molar-refractivity contribution in [2.45, 2.75) is 13.8 Å². The van der Waals surface area contributed by atoms with E-state index in [4.69, 9.17) is 9.26 Å². The second-order valence-electron chi connectivity index (χ2n) is 5.72. The Morgan fingerprint density at radius 1 is 1.12 bits per heavy atom. The molecule has 24 heavy (non-hydrogen) atoms. The molecular weight excluding hydrogens is 302 g/mol. The number of aryl methyl sites for hydroxylation is 2. The molecule has 1 aromatic carbocycles. The average molecular weight is 319 g/mol. The van der Waals surface area contributed by atoms with Crippen LogP contribution in [0.15, 0.2) is 47.2 Å². The lowest BCUT2D eigenvalue weighted by atomic mass is 10.0. The normalized spacial score (nSPS) is 11.1. The number of aromatic nitrogens is 3. The number of pyridine rings is 1. The van der Waals surface area contributed by atoms with E-state index in [1.165, 1.54) is 0 Å². The fourth-order valence-corrected chi connectivity index (χ4v) is 3.13. The van der Waals surface area contributed by atoms with Crippen LogP contribution in [0.5, 0.6) is 5.75 Å². The van der Waals surface area contributed by atoms with Crippen molar-refractivity contribution in [3.63, 3.8) is 0 Å². The third-order valence-electron chi connectivity index (χ3n) is 4.25. The van der Waals surface area contributed by atoms with Gasteiger partial charge in [0, 0.05) is 40.0 Å². The number of benzene rings is 1. The van der Waals surface area contributed by atoms with Gasteiger partial charge in [-0.15, -0.1) is 0 Å². The summed E-state index contributed by atoms with van der Waals surface area (Å²) in [5.74, 6) is 1.63. The Hall–Kier alpha value is -3.08. The lowest BCUT2D eigenvalue weighted by molar-refractivity contribution is 0.393. The minimum atomic E-state index is 0.794. The highest BCUT2D eigenvalue weighted by molar-refractivity contribution is 5.97. The standard InChI is InChI=1S/C19H17N3O2/c1-11-18(12(2)24-22-11)13-8-15-16(10-21-19(15)20-9-13)14-6-4-5-7-17(14)23-3/h4-10H,1-3H3,(H,20,21). The van der Waals surface area contributed by atoms with Crippen LogP contribution < -0.4 is 4.74 Å². The van der Waals surface area contributed by atoms with Crippen molar-refractivity contribution in [3.8, 4) is 28.0 Å². The van der Waals surface area contributed by atoms with E-state index in [0.717, 1.165) is 50.5 Å². The quantitative estimate of drug-likeness (QED) is 0.603. The zero-order chi connectivity index (χ0) is 16.7. The van der Waals surface area contributed by atoms with Crippen LogP contribution in [-0.2, 0) is 0 Å². The topological polar surface area (TPSA) is 63.9 Å². The van der Waals surface area contributed by atoms with Crippen molar-refractivity contribution >= 4 is 11.0 Å². The van der Waals surface area contributed by atoms with Crippen molar-refractivity contribution in [3.05, 3.63) is 54.2 Å². The van der Waals surface area contributed by atoms with Crippen LogP contribution in [0.1, 0.15) is 11.5 Å². The van der Waals surface area contributed by atoms with Gasteiger partial charge in [0.25, 0.3) is 0 Å². The number of hydrogen-bond acceptors (Lipinski definition) is 4. The Balaban J connectivity index is 1.94. The summed E-state index contributed by atoms with van der Waals surface area (Å²) in [6.45, 7) is 3.85. The van der Waals surface area contributed by atoms with Crippen LogP contribution in [0, 0.1) is 13.8 Å². The molecule has 0 bridgehead atoms. The van der Waals surface area contributed by atoms with Crippen molar-refractivity contribution in [2.75, 3.05) is 7.11 Å². The first kappa shape index (κ1) is 14.5. The Kier molecular flexibility index (Phi) is 3.34. The highest BCUT2D eigenvalue weighted by atomic mass is 16.5. The SMILES string of the molecule is COc1ccccc1-c1c[nH]c2ncc(-c3c(C)noc3C)cc12. The molecule has 0 unspecified atom stereocenters. The van der Waals surface area contributed by atoms with Gasteiger partial charge in [-0.05, 0) is 26.0 Å². The molecule has 0 amide bonds. The first-order valence-electron chi connectivity index (χ1n) is 7.73. The number of methoxy groups -OCH3 is 1. The first-order chi connectivity index (χ1) is 11.7. The lowest BCUT2D eigenvalue weighted by Gasteiger charge is -2.07. The van der Waals surface area contributed by atoms with Crippen LogP contribution in [0.4, 0.5) is 0 Å². The summed E-state index contributed by atoms with van der Waals surface area (Å²) in [5, 5.41) is 5.08. The third kappa shape index (κ3) is 2.17. The molecule has 0 saturated carbocycles. The number of nitrogens with one attached hydrogen (secondary N) is 1. The first-order valence-corrected chi connectivity index (χ1v) is 7.73. The van der Waals surface area contributed by atoms with Gasteiger partial charge in [0.15, 0.2) is 0 Å². The number of fused-ring (bicyclic) bond motifs is 1. The molecule has 4 aromatic rings. The maximum absolute atomic E-state index is 5.50. The van der Waals surface area contributed by atoms with Crippen LogP contribution in [0.2, 0.25) is 0 Å². The molecule has 1 N–H and O–H groups in total. The summed E-state index contributed by atoms with van der Waals surface area (Å²) < 4.78 is 10.8. The molecule has 120 valence electrons. The molecule has 0 atom stereocenters. The zero-order valence-corrected chi connectivity index (χ0v) is 13.8. The fourth-order valence-electron chi connectivity index (χ4n) is 3.13. The van der Waals surface area contributed by atoms with Gasteiger partial charge in [0.05, 0.1) is 12.8 Å². The number of H-pyrrole nitrogens is 1. The molecule has 3 aromatic heterocycles. The molecular formula is C19H17N3O2. The average Bonchev–Trinajstić information content (AvgIpc) is 3.17. The van der Waals surface area contributed by atoms with Crippen LogP contribution in [0.3, 0.4) is 0 Å². The van der Waals surface area contributed by atoms with E-state index >= 15 is 0 Å². The smallest absolute Gasteiger partial charge is 0.141 e. The van der Waals surface area contributed by atoms with E-state index in [-0.39, 0.29) is 0 Å². The molecule has 0 radical (unpaired) electrons. The van der Waals surface area contributed by atoms with Gasteiger partial charge in [0.2, 0.25) is 0 Å². The summed E-state index contributed by atoms with van der Waals surface area (Å²) in [4.78, 5) is 7.79. The lowest BCUT2D eigenvalue weighted by Crippen LogP contribution is -1.88.